The molecule has 0 spiro atoms. The predicted molar refractivity (Wildman–Crippen MR) is 53.6 cm³/mol. The molecule has 15 heavy (non-hydrogen) atoms. The topological polar surface area (TPSA) is 55.8 Å². The second kappa shape index (κ2) is 3.81. The van der Waals surface area contributed by atoms with Crippen molar-refractivity contribution < 1.29 is 19.4 Å². The lowest BCUT2D eigenvalue weighted by Crippen LogP contribution is -2.11. The van der Waals surface area contributed by atoms with Crippen LogP contribution in [0.4, 0.5) is 0 Å². The summed E-state index contributed by atoms with van der Waals surface area (Å²) in [5.74, 6) is -0.140. The van der Waals surface area contributed by atoms with Crippen molar-refractivity contribution in [2.75, 3.05) is 6.61 Å². The summed E-state index contributed by atoms with van der Waals surface area (Å²) in [6.45, 7) is 2.42. The largest absolute Gasteiger partial charge is 0.489 e. The lowest BCUT2D eigenvalue weighted by Gasteiger charge is -2.11. The van der Waals surface area contributed by atoms with Gasteiger partial charge in [-0.1, -0.05) is 6.07 Å². The third-order valence-corrected chi connectivity index (χ3v) is 2.31. The number of carbonyl (C=O) groups is 1. The molecule has 80 valence electrons. The van der Waals surface area contributed by atoms with Gasteiger partial charge in [-0.05, 0) is 19.1 Å². The van der Waals surface area contributed by atoms with Crippen molar-refractivity contribution in [1.82, 2.24) is 0 Å². The maximum atomic E-state index is 10.9. The van der Waals surface area contributed by atoms with Gasteiger partial charge in [0.1, 0.15) is 5.56 Å². The number of fused-ring (bicyclic) bond motifs is 1. The molecule has 1 aromatic carbocycles. The molecule has 1 aliphatic rings. The van der Waals surface area contributed by atoms with E-state index in [0.29, 0.717) is 18.1 Å². The van der Waals surface area contributed by atoms with Crippen LogP contribution in [0.15, 0.2) is 18.2 Å². The van der Waals surface area contributed by atoms with E-state index in [1.54, 1.807) is 12.1 Å². The van der Waals surface area contributed by atoms with Gasteiger partial charge in [0.05, 0.1) is 12.7 Å². The van der Waals surface area contributed by atoms with Crippen molar-refractivity contribution in [1.29, 1.82) is 0 Å². The molecule has 1 atom stereocenters. The van der Waals surface area contributed by atoms with Gasteiger partial charge >= 0.3 is 5.97 Å². The maximum absolute atomic E-state index is 10.9. The molecule has 4 nitrogen and oxygen atoms in total. The third-order valence-electron chi connectivity index (χ3n) is 2.31. The fourth-order valence-electron chi connectivity index (χ4n) is 1.53. The molecule has 1 heterocycles. The van der Waals surface area contributed by atoms with Gasteiger partial charge < -0.3 is 14.6 Å². The first-order valence-electron chi connectivity index (χ1n) is 4.84. The summed E-state index contributed by atoms with van der Waals surface area (Å²) in [6.07, 6.45) is 0.809. The molecule has 1 aliphatic heterocycles. The number of para-hydroxylation sites is 1. The number of carboxylic acids is 1. The molecule has 4 heteroatoms. The molecule has 1 N–H and O–H groups in total. The molecule has 0 saturated heterocycles. The van der Waals surface area contributed by atoms with Gasteiger partial charge in [0, 0.05) is 6.42 Å². The van der Waals surface area contributed by atoms with Gasteiger partial charge in [0.15, 0.2) is 11.5 Å². The SMILES string of the molecule is CC1CCOc2c(cccc2C(=O)O)O1. The molecule has 0 fully saturated rings. The molecule has 2 rings (SSSR count). The molecule has 0 aromatic heterocycles. The summed E-state index contributed by atoms with van der Waals surface area (Å²) in [4.78, 5) is 10.9. The minimum atomic E-state index is -0.995. The van der Waals surface area contributed by atoms with Gasteiger partial charge in [0.25, 0.3) is 0 Å². The third kappa shape index (κ3) is 1.88. The highest BCUT2D eigenvalue weighted by molar-refractivity contribution is 5.92. The Kier molecular flexibility index (Phi) is 2.49. The van der Waals surface area contributed by atoms with Gasteiger partial charge in [-0.2, -0.15) is 0 Å². The van der Waals surface area contributed by atoms with E-state index in [4.69, 9.17) is 14.6 Å². The maximum Gasteiger partial charge on any atom is 0.339 e. The second-order valence-electron chi connectivity index (χ2n) is 3.50. The number of ether oxygens (including phenoxy) is 2. The molecule has 1 unspecified atom stereocenters. The van der Waals surface area contributed by atoms with E-state index >= 15 is 0 Å². The Morgan fingerprint density at radius 3 is 3.07 bits per heavy atom. The van der Waals surface area contributed by atoms with E-state index in [1.807, 2.05) is 6.92 Å². The summed E-state index contributed by atoms with van der Waals surface area (Å²) in [5, 5.41) is 8.96. The first-order chi connectivity index (χ1) is 7.18. The number of hydrogen-bond donors (Lipinski definition) is 1. The molecule has 0 aliphatic carbocycles. The normalized spacial score (nSPS) is 19.4. The molecular formula is C11H12O4. The zero-order chi connectivity index (χ0) is 10.8. The van der Waals surface area contributed by atoms with Crippen LogP contribution in [0.3, 0.4) is 0 Å². The van der Waals surface area contributed by atoms with E-state index in [1.165, 1.54) is 6.07 Å². The molecule has 0 amide bonds. The van der Waals surface area contributed by atoms with Crippen molar-refractivity contribution in [2.45, 2.75) is 19.4 Å². The van der Waals surface area contributed by atoms with Crippen LogP contribution >= 0.6 is 0 Å². The summed E-state index contributed by atoms with van der Waals surface area (Å²) in [5.41, 5.74) is 0.154. The Hall–Kier alpha value is -1.71. The van der Waals surface area contributed by atoms with Crippen molar-refractivity contribution in [3.8, 4) is 11.5 Å². The molecule has 1 aromatic rings. The van der Waals surface area contributed by atoms with Crippen LogP contribution in [0.5, 0.6) is 11.5 Å². The number of benzene rings is 1. The van der Waals surface area contributed by atoms with E-state index in [2.05, 4.69) is 0 Å². The van der Waals surface area contributed by atoms with Crippen LogP contribution in [0, 0.1) is 0 Å². The summed E-state index contributed by atoms with van der Waals surface area (Å²) >= 11 is 0. The highest BCUT2D eigenvalue weighted by Gasteiger charge is 2.20. The predicted octanol–water partition coefficient (Wildman–Crippen LogP) is 1.93. The quantitative estimate of drug-likeness (QED) is 0.766. The van der Waals surface area contributed by atoms with E-state index < -0.39 is 5.97 Å². The fraction of sp³-hybridized carbons (Fsp3) is 0.364. The lowest BCUT2D eigenvalue weighted by molar-refractivity contribution is 0.0692. The lowest BCUT2D eigenvalue weighted by atomic mass is 10.2. The standard InChI is InChI=1S/C11H12O4/c1-7-5-6-14-10-8(11(12)13)3-2-4-9(10)15-7/h2-4,7H,5-6H2,1H3,(H,12,13). The molecule has 0 radical (unpaired) electrons. The molecular weight excluding hydrogens is 196 g/mol. The van der Waals surface area contributed by atoms with Gasteiger partial charge in [-0.25, -0.2) is 4.79 Å². The molecule has 0 saturated carbocycles. The fourth-order valence-corrected chi connectivity index (χ4v) is 1.53. The van der Waals surface area contributed by atoms with Crippen LogP contribution in [-0.4, -0.2) is 23.8 Å². The number of carboxylic acid groups (broad SMARTS) is 1. The van der Waals surface area contributed by atoms with E-state index in [9.17, 15) is 4.79 Å². The number of rotatable bonds is 1. The Labute approximate surface area is 87.4 Å². The monoisotopic (exact) mass is 208 g/mol. The Morgan fingerprint density at radius 2 is 2.33 bits per heavy atom. The van der Waals surface area contributed by atoms with Crippen LogP contribution < -0.4 is 9.47 Å². The highest BCUT2D eigenvalue weighted by atomic mass is 16.5. The van der Waals surface area contributed by atoms with Gasteiger partial charge in [-0.15, -0.1) is 0 Å². The summed E-state index contributed by atoms with van der Waals surface area (Å²) < 4.78 is 11.0. The average molecular weight is 208 g/mol. The van der Waals surface area contributed by atoms with Crippen LogP contribution in [0.2, 0.25) is 0 Å². The number of hydrogen-bond acceptors (Lipinski definition) is 3. The van der Waals surface area contributed by atoms with E-state index in [-0.39, 0.29) is 11.7 Å². The first-order valence-corrected chi connectivity index (χ1v) is 4.84. The van der Waals surface area contributed by atoms with Gasteiger partial charge in [0.2, 0.25) is 0 Å². The van der Waals surface area contributed by atoms with Crippen LogP contribution in [-0.2, 0) is 0 Å². The van der Waals surface area contributed by atoms with E-state index in [0.717, 1.165) is 6.42 Å². The van der Waals surface area contributed by atoms with Crippen molar-refractivity contribution in [3.63, 3.8) is 0 Å². The number of aromatic carboxylic acids is 1. The molecule has 0 bridgehead atoms. The smallest absolute Gasteiger partial charge is 0.339 e. The van der Waals surface area contributed by atoms with Crippen molar-refractivity contribution >= 4 is 5.97 Å². The second-order valence-corrected chi connectivity index (χ2v) is 3.50. The van der Waals surface area contributed by atoms with Gasteiger partial charge in [-0.3, -0.25) is 0 Å². The highest BCUT2D eigenvalue weighted by Crippen LogP contribution is 2.34. The summed E-state index contributed by atoms with van der Waals surface area (Å²) in [6, 6.07) is 4.90. The van der Waals surface area contributed by atoms with Crippen LogP contribution in [0.25, 0.3) is 0 Å². The first kappa shape index (κ1) is 9.83. The summed E-state index contributed by atoms with van der Waals surface area (Å²) in [7, 11) is 0. The van der Waals surface area contributed by atoms with Crippen molar-refractivity contribution in [3.05, 3.63) is 23.8 Å². The Bertz CT molecular complexity index is 386. The Balaban J connectivity index is 2.46. The minimum Gasteiger partial charge on any atom is -0.489 e. The van der Waals surface area contributed by atoms with Crippen LogP contribution in [0.1, 0.15) is 23.7 Å². The zero-order valence-corrected chi connectivity index (χ0v) is 8.40. The van der Waals surface area contributed by atoms with Crippen molar-refractivity contribution in [2.24, 2.45) is 0 Å². The zero-order valence-electron chi connectivity index (χ0n) is 8.40. The average Bonchev–Trinajstić information content (AvgIpc) is 2.37. The Morgan fingerprint density at radius 1 is 1.53 bits per heavy atom. The minimum absolute atomic E-state index is 0.0512.